The first-order chi connectivity index (χ1) is 7.66. The van der Waals surface area contributed by atoms with Crippen LogP contribution in [0.5, 0.6) is 0 Å². The quantitative estimate of drug-likeness (QED) is 0.837. The molecule has 82 valence electrons. The monoisotopic (exact) mass is 213 g/mol. The largest absolute Gasteiger partial charge is 0.370 e. The fourth-order valence-electron chi connectivity index (χ4n) is 1.93. The first kappa shape index (κ1) is 10.7. The van der Waals surface area contributed by atoms with Gasteiger partial charge in [0, 0.05) is 6.42 Å². The Kier molecular flexibility index (Phi) is 2.91. The third kappa shape index (κ3) is 2.22. The molecule has 2 nitrogen and oxygen atoms in total. The van der Waals surface area contributed by atoms with E-state index in [9.17, 15) is 4.79 Å². The average molecular weight is 213 g/mol. The zero-order chi connectivity index (χ0) is 11.5. The van der Waals surface area contributed by atoms with Crippen LogP contribution in [-0.2, 0) is 4.79 Å². The van der Waals surface area contributed by atoms with Gasteiger partial charge >= 0.3 is 0 Å². The fraction of sp³-hybridized carbons (Fsp3) is 0.214. The molecule has 2 aromatic rings. The van der Waals surface area contributed by atoms with E-state index in [1.54, 1.807) is 0 Å². The van der Waals surface area contributed by atoms with Crippen LogP contribution in [0.3, 0.4) is 0 Å². The molecule has 1 amide bonds. The number of hydrogen-bond donors (Lipinski definition) is 1. The van der Waals surface area contributed by atoms with Crippen LogP contribution in [0.4, 0.5) is 0 Å². The van der Waals surface area contributed by atoms with Crippen LogP contribution in [0.2, 0.25) is 0 Å². The third-order valence-corrected chi connectivity index (χ3v) is 2.85. The highest BCUT2D eigenvalue weighted by molar-refractivity contribution is 5.83. The highest BCUT2D eigenvalue weighted by Gasteiger charge is 2.08. The SMILES string of the molecule is C[C@@H](CC(N)=O)c1ccc2ccccc2c1. The van der Waals surface area contributed by atoms with Crippen LogP contribution in [0, 0.1) is 0 Å². The van der Waals surface area contributed by atoms with Gasteiger partial charge in [-0.25, -0.2) is 0 Å². The zero-order valence-corrected chi connectivity index (χ0v) is 9.31. The molecule has 0 aromatic heterocycles. The Morgan fingerprint density at radius 2 is 1.88 bits per heavy atom. The number of rotatable bonds is 3. The number of hydrogen-bond acceptors (Lipinski definition) is 1. The molecule has 0 aliphatic rings. The second kappa shape index (κ2) is 4.35. The van der Waals surface area contributed by atoms with Crippen LogP contribution >= 0.6 is 0 Å². The lowest BCUT2D eigenvalue weighted by atomic mass is 9.95. The van der Waals surface area contributed by atoms with E-state index in [1.165, 1.54) is 10.8 Å². The summed E-state index contributed by atoms with van der Waals surface area (Å²) in [5.74, 6) is -0.0669. The summed E-state index contributed by atoms with van der Waals surface area (Å²) in [7, 11) is 0. The number of nitrogens with two attached hydrogens (primary N) is 1. The second-order valence-electron chi connectivity index (χ2n) is 4.18. The lowest BCUT2D eigenvalue weighted by Gasteiger charge is -2.10. The van der Waals surface area contributed by atoms with Gasteiger partial charge in [0.1, 0.15) is 0 Å². The summed E-state index contributed by atoms with van der Waals surface area (Å²) in [5.41, 5.74) is 6.37. The molecule has 0 bridgehead atoms. The summed E-state index contributed by atoms with van der Waals surface area (Å²) in [6, 6.07) is 14.5. The molecule has 0 spiro atoms. The van der Waals surface area contributed by atoms with Gasteiger partial charge in [-0.2, -0.15) is 0 Å². The van der Waals surface area contributed by atoms with E-state index in [4.69, 9.17) is 5.73 Å². The van der Waals surface area contributed by atoms with Crippen molar-refractivity contribution in [3.63, 3.8) is 0 Å². The molecular weight excluding hydrogens is 198 g/mol. The van der Waals surface area contributed by atoms with Crippen molar-refractivity contribution in [1.29, 1.82) is 0 Å². The second-order valence-corrected chi connectivity index (χ2v) is 4.18. The summed E-state index contributed by atoms with van der Waals surface area (Å²) in [6.45, 7) is 2.02. The molecular formula is C14H15NO. The van der Waals surface area contributed by atoms with Gasteiger partial charge in [0.05, 0.1) is 0 Å². The summed E-state index contributed by atoms with van der Waals surface area (Å²) in [4.78, 5) is 10.9. The van der Waals surface area contributed by atoms with Gasteiger partial charge in [0.15, 0.2) is 0 Å². The summed E-state index contributed by atoms with van der Waals surface area (Å²) < 4.78 is 0. The van der Waals surface area contributed by atoms with Crippen LogP contribution in [0.1, 0.15) is 24.8 Å². The summed E-state index contributed by atoms with van der Waals surface area (Å²) in [6.07, 6.45) is 0.401. The average Bonchev–Trinajstić information content (AvgIpc) is 2.27. The van der Waals surface area contributed by atoms with Gasteiger partial charge in [-0.1, -0.05) is 49.4 Å². The van der Waals surface area contributed by atoms with Crippen LogP contribution < -0.4 is 5.73 Å². The molecule has 0 fully saturated rings. The molecule has 2 rings (SSSR count). The normalized spacial score (nSPS) is 12.6. The van der Waals surface area contributed by atoms with Crippen molar-refractivity contribution in [3.05, 3.63) is 48.0 Å². The third-order valence-electron chi connectivity index (χ3n) is 2.85. The van der Waals surface area contributed by atoms with E-state index in [0.29, 0.717) is 6.42 Å². The van der Waals surface area contributed by atoms with Gasteiger partial charge in [0.2, 0.25) is 5.91 Å². The van der Waals surface area contributed by atoms with Crippen molar-refractivity contribution in [2.45, 2.75) is 19.3 Å². The van der Waals surface area contributed by atoms with Gasteiger partial charge in [-0.05, 0) is 22.3 Å². The minimum Gasteiger partial charge on any atom is -0.370 e. The van der Waals surface area contributed by atoms with E-state index >= 15 is 0 Å². The Morgan fingerprint density at radius 1 is 1.19 bits per heavy atom. The van der Waals surface area contributed by atoms with Crippen molar-refractivity contribution >= 4 is 16.7 Å². The lowest BCUT2D eigenvalue weighted by molar-refractivity contribution is -0.118. The first-order valence-electron chi connectivity index (χ1n) is 5.44. The van der Waals surface area contributed by atoms with E-state index in [0.717, 1.165) is 5.56 Å². The Labute approximate surface area is 95.1 Å². The predicted molar refractivity (Wildman–Crippen MR) is 66.2 cm³/mol. The molecule has 0 aliphatic heterocycles. The first-order valence-corrected chi connectivity index (χ1v) is 5.44. The molecule has 0 saturated heterocycles. The summed E-state index contributed by atoms with van der Waals surface area (Å²) >= 11 is 0. The van der Waals surface area contributed by atoms with Crippen molar-refractivity contribution in [3.8, 4) is 0 Å². The number of primary amides is 1. The number of fused-ring (bicyclic) bond motifs is 1. The molecule has 0 saturated carbocycles. The van der Waals surface area contributed by atoms with Crippen LogP contribution in [-0.4, -0.2) is 5.91 Å². The molecule has 1 atom stereocenters. The predicted octanol–water partition coefficient (Wildman–Crippen LogP) is 2.82. The maximum absolute atomic E-state index is 10.9. The Morgan fingerprint density at radius 3 is 2.56 bits per heavy atom. The Balaban J connectivity index is 2.35. The highest BCUT2D eigenvalue weighted by Crippen LogP contribution is 2.23. The van der Waals surface area contributed by atoms with Gasteiger partial charge in [-0.15, -0.1) is 0 Å². The highest BCUT2D eigenvalue weighted by atomic mass is 16.1. The Bertz CT molecular complexity index is 519. The zero-order valence-electron chi connectivity index (χ0n) is 9.31. The molecule has 2 aromatic carbocycles. The van der Waals surface area contributed by atoms with E-state index in [1.807, 2.05) is 19.1 Å². The minimum absolute atomic E-state index is 0.183. The van der Waals surface area contributed by atoms with E-state index in [-0.39, 0.29) is 11.8 Å². The smallest absolute Gasteiger partial charge is 0.218 e. The van der Waals surface area contributed by atoms with E-state index < -0.39 is 0 Å². The maximum atomic E-state index is 10.9. The van der Waals surface area contributed by atoms with Gasteiger partial charge in [0.25, 0.3) is 0 Å². The molecule has 2 heteroatoms. The number of carbonyl (C=O) groups is 1. The standard InChI is InChI=1S/C14H15NO/c1-10(8-14(15)16)12-7-6-11-4-2-3-5-13(11)9-12/h2-7,9-10H,8H2,1H3,(H2,15,16)/t10-/m0/s1. The van der Waals surface area contributed by atoms with Gasteiger partial charge in [-0.3, -0.25) is 4.79 Å². The number of benzene rings is 2. The molecule has 2 N–H and O–H groups in total. The molecule has 0 unspecified atom stereocenters. The topological polar surface area (TPSA) is 43.1 Å². The van der Waals surface area contributed by atoms with Crippen molar-refractivity contribution in [1.82, 2.24) is 0 Å². The van der Waals surface area contributed by atoms with Crippen LogP contribution in [0.25, 0.3) is 10.8 Å². The maximum Gasteiger partial charge on any atom is 0.218 e. The van der Waals surface area contributed by atoms with Gasteiger partial charge < -0.3 is 5.73 Å². The Hall–Kier alpha value is -1.83. The van der Waals surface area contributed by atoms with E-state index in [2.05, 4.69) is 30.3 Å². The number of amides is 1. The van der Waals surface area contributed by atoms with Crippen molar-refractivity contribution < 1.29 is 4.79 Å². The molecule has 0 radical (unpaired) electrons. The molecule has 0 aliphatic carbocycles. The minimum atomic E-state index is -0.249. The van der Waals surface area contributed by atoms with Crippen LogP contribution in [0.15, 0.2) is 42.5 Å². The lowest BCUT2D eigenvalue weighted by Crippen LogP contribution is -2.13. The van der Waals surface area contributed by atoms with Crippen molar-refractivity contribution in [2.75, 3.05) is 0 Å². The molecule has 0 heterocycles. The van der Waals surface area contributed by atoms with Crippen molar-refractivity contribution in [2.24, 2.45) is 5.73 Å². The number of carbonyl (C=O) groups excluding carboxylic acids is 1. The summed E-state index contributed by atoms with van der Waals surface area (Å²) in [5, 5.41) is 2.42. The fourth-order valence-corrected chi connectivity index (χ4v) is 1.93. The molecule has 16 heavy (non-hydrogen) atoms.